The monoisotopic (exact) mass is 299 g/mol. The van der Waals surface area contributed by atoms with Crippen LogP contribution < -0.4 is 16.2 Å². The standard InChI is InChI=1S/C18H25N3O/c1-13(15-6-4-3-5-7-15)10-19-11-16-12-20-21-18(16)17-9-8-14(2)22-17/h3-9,13,16,18-21H,10-12H2,1-2H3. The molecule has 4 heteroatoms. The number of hydrogen-bond donors (Lipinski definition) is 3. The maximum absolute atomic E-state index is 5.76. The molecule has 0 bridgehead atoms. The molecular weight excluding hydrogens is 274 g/mol. The van der Waals surface area contributed by atoms with E-state index >= 15 is 0 Å². The number of hydrogen-bond acceptors (Lipinski definition) is 4. The van der Waals surface area contributed by atoms with Gasteiger partial charge < -0.3 is 9.73 Å². The van der Waals surface area contributed by atoms with E-state index in [0.717, 1.165) is 31.2 Å². The first-order chi connectivity index (χ1) is 10.7. The summed E-state index contributed by atoms with van der Waals surface area (Å²) >= 11 is 0. The fraction of sp³-hybridized carbons (Fsp3) is 0.444. The molecule has 1 aromatic heterocycles. The Morgan fingerprint density at radius 3 is 2.77 bits per heavy atom. The lowest BCUT2D eigenvalue weighted by Crippen LogP contribution is -2.30. The van der Waals surface area contributed by atoms with Crippen molar-refractivity contribution in [3.63, 3.8) is 0 Å². The Balaban J connectivity index is 1.50. The number of nitrogens with one attached hydrogen (secondary N) is 3. The average Bonchev–Trinajstić information content (AvgIpc) is 3.16. The molecule has 0 spiro atoms. The summed E-state index contributed by atoms with van der Waals surface area (Å²) in [4.78, 5) is 0. The lowest BCUT2D eigenvalue weighted by molar-refractivity contribution is 0.359. The number of furan rings is 1. The maximum Gasteiger partial charge on any atom is 0.122 e. The molecule has 22 heavy (non-hydrogen) atoms. The third kappa shape index (κ3) is 3.58. The summed E-state index contributed by atoms with van der Waals surface area (Å²) in [6.07, 6.45) is 0. The van der Waals surface area contributed by atoms with Crippen LogP contribution in [0.4, 0.5) is 0 Å². The molecule has 1 fully saturated rings. The first-order valence-corrected chi connectivity index (χ1v) is 8.04. The molecular formula is C18H25N3O. The topological polar surface area (TPSA) is 49.2 Å². The third-order valence-electron chi connectivity index (χ3n) is 4.39. The molecule has 0 aliphatic carbocycles. The minimum atomic E-state index is 0.244. The van der Waals surface area contributed by atoms with Crippen LogP contribution in [-0.4, -0.2) is 19.6 Å². The Morgan fingerprint density at radius 2 is 2.05 bits per heavy atom. The van der Waals surface area contributed by atoms with E-state index in [1.165, 1.54) is 5.56 Å². The molecule has 3 rings (SSSR count). The number of rotatable bonds is 6. The summed E-state index contributed by atoms with van der Waals surface area (Å²) in [6.45, 7) is 7.17. The predicted molar refractivity (Wildman–Crippen MR) is 88.5 cm³/mol. The molecule has 3 N–H and O–H groups in total. The summed E-state index contributed by atoms with van der Waals surface area (Å²) in [5.41, 5.74) is 7.96. The van der Waals surface area contributed by atoms with Gasteiger partial charge in [-0.3, -0.25) is 5.43 Å². The second-order valence-electron chi connectivity index (χ2n) is 6.18. The van der Waals surface area contributed by atoms with E-state index < -0.39 is 0 Å². The summed E-state index contributed by atoms with van der Waals surface area (Å²) in [5.74, 6) is 3.00. The Hall–Kier alpha value is -1.62. The van der Waals surface area contributed by atoms with Crippen LogP contribution in [0.2, 0.25) is 0 Å². The van der Waals surface area contributed by atoms with Crippen molar-refractivity contribution in [3.8, 4) is 0 Å². The van der Waals surface area contributed by atoms with Crippen molar-refractivity contribution in [3.05, 3.63) is 59.5 Å². The molecule has 118 valence electrons. The van der Waals surface area contributed by atoms with Crippen molar-refractivity contribution in [2.24, 2.45) is 5.92 Å². The van der Waals surface area contributed by atoms with E-state index in [0.29, 0.717) is 11.8 Å². The van der Waals surface area contributed by atoms with Crippen LogP contribution in [0, 0.1) is 12.8 Å². The molecule has 0 saturated carbocycles. The van der Waals surface area contributed by atoms with Crippen molar-refractivity contribution >= 4 is 0 Å². The molecule has 3 atom stereocenters. The van der Waals surface area contributed by atoms with Crippen LogP contribution in [0.5, 0.6) is 0 Å². The van der Waals surface area contributed by atoms with Crippen molar-refractivity contribution < 1.29 is 4.42 Å². The van der Waals surface area contributed by atoms with Gasteiger partial charge in [0.2, 0.25) is 0 Å². The molecule has 2 aromatic rings. The molecule has 0 amide bonds. The number of aryl methyl sites for hydroxylation is 1. The smallest absolute Gasteiger partial charge is 0.122 e. The van der Waals surface area contributed by atoms with E-state index in [4.69, 9.17) is 4.42 Å². The van der Waals surface area contributed by atoms with E-state index in [9.17, 15) is 0 Å². The second-order valence-corrected chi connectivity index (χ2v) is 6.18. The third-order valence-corrected chi connectivity index (χ3v) is 4.39. The minimum Gasteiger partial charge on any atom is -0.465 e. The normalized spacial score (nSPS) is 22.8. The molecule has 4 nitrogen and oxygen atoms in total. The van der Waals surface area contributed by atoms with E-state index in [-0.39, 0.29) is 6.04 Å². The fourth-order valence-electron chi connectivity index (χ4n) is 3.03. The highest BCUT2D eigenvalue weighted by Crippen LogP contribution is 2.26. The van der Waals surface area contributed by atoms with E-state index in [2.05, 4.69) is 59.5 Å². The van der Waals surface area contributed by atoms with E-state index in [1.807, 2.05) is 13.0 Å². The van der Waals surface area contributed by atoms with Gasteiger partial charge in [-0.15, -0.1) is 0 Å². The average molecular weight is 299 g/mol. The molecule has 0 radical (unpaired) electrons. The summed E-state index contributed by atoms with van der Waals surface area (Å²) in [5, 5.41) is 3.61. The van der Waals surface area contributed by atoms with Gasteiger partial charge in [0.1, 0.15) is 11.5 Å². The number of hydrazine groups is 1. The van der Waals surface area contributed by atoms with Crippen molar-refractivity contribution in [2.75, 3.05) is 19.6 Å². The number of benzene rings is 1. The minimum absolute atomic E-state index is 0.244. The second kappa shape index (κ2) is 7.09. The fourth-order valence-corrected chi connectivity index (χ4v) is 3.03. The van der Waals surface area contributed by atoms with Crippen LogP contribution in [-0.2, 0) is 0 Å². The highest BCUT2D eigenvalue weighted by atomic mass is 16.3. The van der Waals surface area contributed by atoms with Crippen molar-refractivity contribution in [1.29, 1.82) is 0 Å². The summed E-state index contributed by atoms with van der Waals surface area (Å²) in [6, 6.07) is 15.0. The largest absolute Gasteiger partial charge is 0.465 e. The van der Waals surface area contributed by atoms with E-state index in [1.54, 1.807) is 0 Å². The van der Waals surface area contributed by atoms with Gasteiger partial charge in [-0.1, -0.05) is 37.3 Å². The quantitative estimate of drug-likeness (QED) is 0.767. The molecule has 1 aliphatic heterocycles. The summed E-state index contributed by atoms with van der Waals surface area (Å²) < 4.78 is 5.76. The molecule has 3 unspecified atom stereocenters. The molecule has 1 saturated heterocycles. The van der Waals surface area contributed by atoms with Gasteiger partial charge in [-0.2, -0.15) is 0 Å². The molecule has 1 aromatic carbocycles. The van der Waals surface area contributed by atoms with Crippen molar-refractivity contribution in [2.45, 2.75) is 25.8 Å². The molecule has 1 aliphatic rings. The highest BCUT2D eigenvalue weighted by Gasteiger charge is 2.30. The Morgan fingerprint density at radius 1 is 1.23 bits per heavy atom. The van der Waals surface area contributed by atoms with Crippen LogP contribution >= 0.6 is 0 Å². The lowest BCUT2D eigenvalue weighted by Gasteiger charge is -2.19. The van der Waals surface area contributed by atoms with Crippen molar-refractivity contribution in [1.82, 2.24) is 16.2 Å². The maximum atomic E-state index is 5.76. The highest BCUT2D eigenvalue weighted by molar-refractivity contribution is 5.19. The van der Waals surface area contributed by atoms with Crippen LogP contribution in [0.25, 0.3) is 0 Å². The zero-order valence-electron chi connectivity index (χ0n) is 13.3. The Labute approximate surface area is 132 Å². The lowest BCUT2D eigenvalue weighted by atomic mass is 9.98. The molecule has 2 heterocycles. The van der Waals surface area contributed by atoms with Gasteiger partial charge in [0.15, 0.2) is 0 Å². The summed E-state index contributed by atoms with van der Waals surface area (Å²) in [7, 11) is 0. The van der Waals surface area contributed by atoms with Gasteiger partial charge >= 0.3 is 0 Å². The van der Waals surface area contributed by atoms with Gasteiger partial charge in [-0.25, -0.2) is 5.43 Å². The zero-order valence-corrected chi connectivity index (χ0v) is 13.3. The van der Waals surface area contributed by atoms with Crippen LogP contribution in [0.1, 0.15) is 36.0 Å². The van der Waals surface area contributed by atoms with Gasteiger partial charge in [-0.05, 0) is 30.5 Å². The van der Waals surface area contributed by atoms with Gasteiger partial charge in [0.25, 0.3) is 0 Å². The van der Waals surface area contributed by atoms with Gasteiger partial charge in [0, 0.05) is 25.6 Å². The predicted octanol–water partition coefficient (Wildman–Crippen LogP) is 2.75. The SMILES string of the molecule is Cc1ccc(C2NNCC2CNCC(C)c2ccccc2)o1. The first kappa shape index (κ1) is 15.3. The van der Waals surface area contributed by atoms with Crippen LogP contribution in [0.3, 0.4) is 0 Å². The first-order valence-electron chi connectivity index (χ1n) is 8.04. The van der Waals surface area contributed by atoms with Crippen LogP contribution in [0.15, 0.2) is 46.9 Å². The van der Waals surface area contributed by atoms with Gasteiger partial charge in [0.05, 0.1) is 6.04 Å². The zero-order chi connectivity index (χ0) is 15.4. The Kier molecular flexibility index (Phi) is 4.93. The Bertz CT molecular complexity index is 581.